The Balaban J connectivity index is 2.09. The number of carbonyl (C=O) groups is 2. The number of esters is 1. The number of carbonyl (C=O) groups excluding carboxylic acids is 2. The molecule has 4 atom stereocenters. The molecule has 0 N–H and O–H groups in total. The average Bonchev–Trinajstić information content (AvgIpc) is 2.93. The molecular formula is C17H20Br4O3. The van der Waals surface area contributed by atoms with Gasteiger partial charge in [0.1, 0.15) is 8.25 Å². The minimum Gasteiger partial charge on any atom is -0.457 e. The number of hydrogen-bond acceptors (Lipinski definition) is 3. The van der Waals surface area contributed by atoms with Gasteiger partial charge in [0.2, 0.25) is 0 Å². The number of alkyl halides is 4. The van der Waals surface area contributed by atoms with Crippen LogP contribution in [-0.4, -0.2) is 24.8 Å². The summed E-state index contributed by atoms with van der Waals surface area (Å²) in [6, 6.07) is 0. The Morgan fingerprint density at radius 2 is 2.04 bits per heavy atom. The molecule has 1 fully saturated rings. The van der Waals surface area contributed by atoms with Gasteiger partial charge in [0.25, 0.3) is 0 Å². The van der Waals surface area contributed by atoms with E-state index in [2.05, 4.69) is 84.1 Å². The van der Waals surface area contributed by atoms with E-state index in [1.807, 2.05) is 6.92 Å². The number of hydrogen-bond donors (Lipinski definition) is 0. The summed E-state index contributed by atoms with van der Waals surface area (Å²) in [7, 11) is 0. The molecule has 24 heavy (non-hydrogen) atoms. The van der Waals surface area contributed by atoms with Crippen molar-refractivity contribution in [2.24, 2.45) is 17.3 Å². The number of Topliss-reactive ketones (excluding diaryl/α,β-unsaturated/α-hetero) is 1. The highest BCUT2D eigenvalue weighted by Crippen LogP contribution is 2.66. The summed E-state index contributed by atoms with van der Waals surface area (Å²) in [6.45, 7) is 9.66. The normalized spacial score (nSPS) is 30.3. The van der Waals surface area contributed by atoms with Crippen molar-refractivity contribution in [1.82, 2.24) is 0 Å². The van der Waals surface area contributed by atoms with Crippen LogP contribution in [0.25, 0.3) is 0 Å². The Labute approximate surface area is 176 Å². The van der Waals surface area contributed by atoms with Gasteiger partial charge in [0.05, 0.1) is 17.2 Å². The van der Waals surface area contributed by atoms with Gasteiger partial charge < -0.3 is 4.74 Å². The smallest absolute Gasteiger partial charge is 0.310 e. The van der Waals surface area contributed by atoms with Crippen molar-refractivity contribution in [3.8, 4) is 0 Å². The van der Waals surface area contributed by atoms with Gasteiger partial charge in [0.15, 0.2) is 5.78 Å². The van der Waals surface area contributed by atoms with Crippen molar-refractivity contribution in [3.63, 3.8) is 0 Å². The molecule has 0 heterocycles. The second-order valence-corrected chi connectivity index (χ2v) is 14.9. The summed E-state index contributed by atoms with van der Waals surface area (Å²) in [5.74, 6) is -0.281. The zero-order valence-corrected chi connectivity index (χ0v) is 20.1. The lowest BCUT2D eigenvalue weighted by molar-refractivity contribution is -0.150. The molecule has 0 aromatic heterocycles. The topological polar surface area (TPSA) is 43.4 Å². The fourth-order valence-corrected chi connectivity index (χ4v) is 5.34. The predicted molar refractivity (Wildman–Crippen MR) is 110 cm³/mol. The molecule has 1 unspecified atom stereocenters. The van der Waals surface area contributed by atoms with Crippen molar-refractivity contribution in [2.75, 3.05) is 0 Å². The summed E-state index contributed by atoms with van der Waals surface area (Å²) in [5.41, 5.74) is 1.42. The minimum atomic E-state index is -0.486. The quantitative estimate of drug-likeness (QED) is 0.236. The Morgan fingerprint density at radius 1 is 1.46 bits per heavy atom. The largest absolute Gasteiger partial charge is 0.457 e. The molecule has 134 valence electrons. The molecule has 1 saturated carbocycles. The fraction of sp³-hybridized carbons (Fsp3) is 0.647. The van der Waals surface area contributed by atoms with Crippen LogP contribution >= 0.6 is 63.7 Å². The Bertz CT molecular complexity index is 603. The van der Waals surface area contributed by atoms with E-state index in [0.29, 0.717) is 6.42 Å². The average molecular weight is 592 g/mol. The van der Waals surface area contributed by atoms with E-state index in [9.17, 15) is 9.59 Å². The first-order valence-corrected chi connectivity index (χ1v) is 11.0. The lowest BCUT2D eigenvalue weighted by Gasteiger charge is -2.21. The third-order valence-electron chi connectivity index (χ3n) is 5.07. The third-order valence-corrected chi connectivity index (χ3v) is 9.65. The maximum Gasteiger partial charge on any atom is 0.310 e. The lowest BCUT2D eigenvalue weighted by Crippen LogP contribution is -2.24. The van der Waals surface area contributed by atoms with Gasteiger partial charge >= 0.3 is 5.97 Å². The molecule has 0 saturated heterocycles. The van der Waals surface area contributed by atoms with E-state index in [0.717, 1.165) is 11.1 Å². The first-order chi connectivity index (χ1) is 10.9. The van der Waals surface area contributed by atoms with Crippen LogP contribution < -0.4 is 0 Å². The Kier molecular flexibility index (Phi) is 6.32. The van der Waals surface area contributed by atoms with E-state index < -0.39 is 8.25 Å². The van der Waals surface area contributed by atoms with E-state index >= 15 is 0 Å². The first-order valence-electron chi connectivity index (χ1n) is 7.68. The van der Waals surface area contributed by atoms with Gasteiger partial charge in [-0.25, -0.2) is 0 Å². The highest BCUT2D eigenvalue weighted by atomic mass is 80.0. The molecule has 0 bridgehead atoms. The van der Waals surface area contributed by atoms with Crippen molar-refractivity contribution < 1.29 is 14.3 Å². The summed E-state index contributed by atoms with van der Waals surface area (Å²) in [5, 5.41) is 0. The molecule has 0 radical (unpaired) electrons. The number of ether oxygens (including phenoxy) is 1. The van der Waals surface area contributed by atoms with Crippen LogP contribution in [0.2, 0.25) is 0 Å². The van der Waals surface area contributed by atoms with E-state index in [4.69, 9.17) is 4.74 Å². The van der Waals surface area contributed by atoms with Crippen molar-refractivity contribution in [1.29, 1.82) is 0 Å². The Hall–Kier alpha value is 0.540. The molecular weight excluding hydrogens is 572 g/mol. The zero-order chi connectivity index (χ0) is 18.4. The summed E-state index contributed by atoms with van der Waals surface area (Å²) in [4.78, 5) is 24.7. The van der Waals surface area contributed by atoms with Gasteiger partial charge in [-0.05, 0) is 30.3 Å². The second-order valence-electron chi connectivity index (χ2n) is 6.98. The maximum atomic E-state index is 12.7. The lowest BCUT2D eigenvalue weighted by atomic mass is 10.1. The number of allylic oxidation sites excluding steroid dienone is 2. The molecule has 3 nitrogen and oxygen atoms in total. The van der Waals surface area contributed by atoms with Crippen molar-refractivity contribution in [3.05, 3.63) is 23.8 Å². The number of halogens is 4. The monoisotopic (exact) mass is 588 g/mol. The van der Waals surface area contributed by atoms with E-state index in [-0.39, 0.29) is 40.3 Å². The number of rotatable bonds is 5. The Morgan fingerprint density at radius 3 is 2.54 bits per heavy atom. The van der Waals surface area contributed by atoms with E-state index in [1.165, 1.54) is 0 Å². The first kappa shape index (κ1) is 20.8. The zero-order valence-electron chi connectivity index (χ0n) is 13.7. The molecule has 0 aromatic carbocycles. The summed E-state index contributed by atoms with van der Waals surface area (Å²) >= 11 is 14.2. The van der Waals surface area contributed by atoms with Gasteiger partial charge in [0, 0.05) is 5.57 Å². The molecule has 0 amide bonds. The van der Waals surface area contributed by atoms with Crippen LogP contribution in [0.1, 0.15) is 33.6 Å². The maximum absolute atomic E-state index is 12.7. The van der Waals surface area contributed by atoms with Crippen molar-refractivity contribution in [2.45, 2.75) is 46.7 Å². The number of ketones is 1. The van der Waals surface area contributed by atoms with Crippen LogP contribution in [0, 0.1) is 17.3 Å². The van der Waals surface area contributed by atoms with Crippen LogP contribution in [-0.2, 0) is 14.3 Å². The SMILES string of the molecule is C=CCC1=C(C)[C@@H](OC(=O)[C@@H]2[C@@H](C(Br)C(Br)(Br)Br)C2(C)C)CC1=O. The molecule has 2 aliphatic carbocycles. The molecule has 0 aromatic rings. The molecule has 0 spiro atoms. The van der Waals surface area contributed by atoms with Crippen LogP contribution in [0.4, 0.5) is 0 Å². The van der Waals surface area contributed by atoms with Gasteiger partial charge in [-0.2, -0.15) is 0 Å². The highest BCUT2D eigenvalue weighted by molar-refractivity contribution is 9.40. The second kappa shape index (κ2) is 7.28. The van der Waals surface area contributed by atoms with E-state index in [1.54, 1.807) is 6.08 Å². The standard InChI is InChI=1S/C17H20Br4O3/c1-5-6-9-8(2)11(7-10(9)22)24-15(23)13-12(16(13,3)4)14(18)17(19,20)21/h5,11-14H,1,6-7H2,2-4H3/t11-,12-,13-,14?/m0/s1. The molecule has 2 aliphatic rings. The molecule has 2 rings (SSSR count). The highest BCUT2D eigenvalue weighted by Gasteiger charge is 2.67. The fourth-order valence-electron chi connectivity index (χ4n) is 3.50. The summed E-state index contributed by atoms with van der Waals surface area (Å²) < 4.78 is 5.22. The van der Waals surface area contributed by atoms with Gasteiger partial charge in [-0.1, -0.05) is 83.6 Å². The molecule has 7 heteroatoms. The van der Waals surface area contributed by atoms with Gasteiger partial charge in [-0.15, -0.1) is 6.58 Å². The van der Waals surface area contributed by atoms with Crippen LogP contribution in [0.15, 0.2) is 23.8 Å². The predicted octanol–water partition coefficient (Wildman–Crippen LogP) is 5.64. The minimum absolute atomic E-state index is 0.00396. The van der Waals surface area contributed by atoms with Crippen LogP contribution in [0.5, 0.6) is 0 Å². The summed E-state index contributed by atoms with van der Waals surface area (Å²) in [6.07, 6.45) is 2.04. The third kappa shape index (κ3) is 3.94. The van der Waals surface area contributed by atoms with Crippen molar-refractivity contribution >= 4 is 75.5 Å². The molecule has 0 aliphatic heterocycles. The van der Waals surface area contributed by atoms with Gasteiger partial charge in [-0.3, -0.25) is 9.59 Å². The van der Waals surface area contributed by atoms with Crippen LogP contribution in [0.3, 0.4) is 0 Å².